The molecule has 2 aromatic rings. The quantitative estimate of drug-likeness (QED) is 0.722. The number of Topliss-reactive ketones (excluding diaryl/α,β-unsaturated/α-hetero) is 1. The van der Waals surface area contributed by atoms with Gasteiger partial charge in [-0.25, -0.2) is 4.98 Å². The van der Waals surface area contributed by atoms with Crippen LogP contribution in [0.1, 0.15) is 31.4 Å². The normalized spacial score (nSPS) is 20.0. The maximum Gasteiger partial charge on any atom is 0.155 e. The second kappa shape index (κ2) is 9.65. The topological polar surface area (TPSA) is 76.1 Å². The average Bonchev–Trinajstić information content (AvgIpc) is 3.30. The Labute approximate surface area is 176 Å². The smallest absolute Gasteiger partial charge is 0.155 e. The van der Waals surface area contributed by atoms with Crippen molar-refractivity contribution in [3.63, 3.8) is 0 Å². The van der Waals surface area contributed by atoms with Gasteiger partial charge in [-0.2, -0.15) is 0 Å². The van der Waals surface area contributed by atoms with E-state index in [-0.39, 0.29) is 11.8 Å². The number of halogens is 1. The Morgan fingerprint density at radius 1 is 1.28 bits per heavy atom. The summed E-state index contributed by atoms with van der Waals surface area (Å²) < 4.78 is 5.42. The van der Waals surface area contributed by atoms with E-state index >= 15 is 0 Å². The Kier molecular flexibility index (Phi) is 6.74. The van der Waals surface area contributed by atoms with E-state index < -0.39 is 0 Å². The zero-order valence-electron chi connectivity index (χ0n) is 16.5. The Bertz CT molecular complexity index is 848. The van der Waals surface area contributed by atoms with Crippen LogP contribution in [0, 0.1) is 5.92 Å². The maximum absolute atomic E-state index is 12.5. The van der Waals surface area contributed by atoms with Gasteiger partial charge in [0.2, 0.25) is 0 Å². The molecule has 154 valence electrons. The summed E-state index contributed by atoms with van der Waals surface area (Å²) in [5.74, 6) is 1.62. The summed E-state index contributed by atoms with van der Waals surface area (Å²) in [5, 5.41) is 7.23. The van der Waals surface area contributed by atoms with Crippen molar-refractivity contribution in [2.24, 2.45) is 5.92 Å². The van der Waals surface area contributed by atoms with Gasteiger partial charge < -0.3 is 15.4 Å². The molecule has 0 radical (unpaired) electrons. The molecule has 4 heterocycles. The third-order valence-corrected chi connectivity index (χ3v) is 5.96. The van der Waals surface area contributed by atoms with Crippen molar-refractivity contribution in [2.45, 2.75) is 38.1 Å². The van der Waals surface area contributed by atoms with Gasteiger partial charge in [0.1, 0.15) is 5.82 Å². The van der Waals surface area contributed by atoms with E-state index in [9.17, 15) is 4.79 Å². The largest absolute Gasteiger partial charge is 0.381 e. The van der Waals surface area contributed by atoms with Gasteiger partial charge in [-0.05, 0) is 56.3 Å². The van der Waals surface area contributed by atoms with Crippen molar-refractivity contribution < 1.29 is 9.53 Å². The highest BCUT2D eigenvalue weighted by Crippen LogP contribution is 2.28. The van der Waals surface area contributed by atoms with Crippen molar-refractivity contribution in [1.29, 1.82) is 0 Å². The first-order chi connectivity index (χ1) is 14.2. The average molecular weight is 415 g/mol. The predicted octanol–water partition coefficient (Wildman–Crippen LogP) is 3.50. The number of aromatic nitrogens is 2. The van der Waals surface area contributed by atoms with Crippen LogP contribution in [0.3, 0.4) is 0 Å². The zero-order chi connectivity index (χ0) is 20.1. The van der Waals surface area contributed by atoms with Crippen molar-refractivity contribution in [3.05, 3.63) is 41.2 Å². The van der Waals surface area contributed by atoms with Crippen molar-refractivity contribution in [1.82, 2.24) is 15.3 Å². The minimum atomic E-state index is -0.0493. The van der Waals surface area contributed by atoms with Gasteiger partial charge in [-0.3, -0.25) is 9.78 Å². The van der Waals surface area contributed by atoms with Crippen LogP contribution < -0.4 is 10.6 Å². The van der Waals surface area contributed by atoms with Gasteiger partial charge in [0.05, 0.1) is 23.2 Å². The van der Waals surface area contributed by atoms with Crippen LogP contribution in [0.15, 0.2) is 30.5 Å². The molecule has 2 saturated heterocycles. The Morgan fingerprint density at radius 3 is 2.93 bits per heavy atom. The molecular formula is C22H27ClN4O2. The van der Waals surface area contributed by atoms with Gasteiger partial charge in [-0.1, -0.05) is 17.7 Å². The van der Waals surface area contributed by atoms with Gasteiger partial charge in [0, 0.05) is 37.2 Å². The molecule has 1 atom stereocenters. The molecule has 2 fully saturated rings. The van der Waals surface area contributed by atoms with Crippen LogP contribution in [0.25, 0.3) is 11.3 Å². The molecule has 0 spiro atoms. The number of rotatable bonds is 7. The highest BCUT2D eigenvalue weighted by molar-refractivity contribution is 6.33. The fraction of sp³-hybridized carbons (Fsp3) is 0.500. The number of anilines is 1. The molecule has 2 N–H and O–H groups in total. The number of carbonyl (C=O) groups is 1. The molecule has 7 heteroatoms. The van der Waals surface area contributed by atoms with Crippen LogP contribution in [0.2, 0.25) is 5.02 Å². The molecule has 0 aromatic carbocycles. The fourth-order valence-corrected chi connectivity index (χ4v) is 4.12. The van der Waals surface area contributed by atoms with Crippen molar-refractivity contribution in [3.8, 4) is 11.3 Å². The van der Waals surface area contributed by atoms with E-state index in [2.05, 4.69) is 15.6 Å². The van der Waals surface area contributed by atoms with Crippen LogP contribution in [0.5, 0.6) is 0 Å². The van der Waals surface area contributed by atoms with Gasteiger partial charge in [-0.15, -0.1) is 0 Å². The summed E-state index contributed by atoms with van der Waals surface area (Å²) in [7, 11) is 0. The van der Waals surface area contributed by atoms with Gasteiger partial charge in [0.25, 0.3) is 0 Å². The number of nitrogens with one attached hydrogen (secondary N) is 2. The number of carbonyl (C=O) groups excluding carboxylic acids is 1. The molecule has 0 aliphatic carbocycles. The third-order valence-electron chi connectivity index (χ3n) is 5.65. The van der Waals surface area contributed by atoms with Crippen molar-refractivity contribution >= 4 is 23.2 Å². The summed E-state index contributed by atoms with van der Waals surface area (Å²) in [6, 6.07) is 7.71. The highest BCUT2D eigenvalue weighted by Gasteiger charge is 2.22. The van der Waals surface area contributed by atoms with Crippen LogP contribution in [0.4, 0.5) is 5.82 Å². The number of hydrogen-bond donors (Lipinski definition) is 2. The molecule has 0 amide bonds. The second-order valence-corrected chi connectivity index (χ2v) is 8.20. The number of nitrogens with zero attached hydrogens (tertiary/aromatic N) is 2. The molecule has 4 rings (SSSR count). The lowest BCUT2D eigenvalue weighted by molar-refractivity contribution is -0.120. The number of hydrogen-bond acceptors (Lipinski definition) is 6. The van der Waals surface area contributed by atoms with E-state index in [1.807, 2.05) is 24.3 Å². The standard InChI is InChI=1S/C22H27ClN4O2/c23-18-14-25-16(12-21(28)20-4-2-8-24-20)11-17(18)19-3-1-5-22(27-19)26-13-15-6-9-29-10-7-15/h1,3,5,11,14-15,20,24H,2,4,6-10,12-13H2,(H,26,27)/t20-/m1/s1. The maximum atomic E-state index is 12.5. The molecule has 2 aliphatic heterocycles. The lowest BCUT2D eigenvalue weighted by Crippen LogP contribution is -2.32. The van der Waals surface area contributed by atoms with E-state index in [0.717, 1.165) is 74.8 Å². The lowest BCUT2D eigenvalue weighted by Gasteiger charge is -2.22. The molecule has 0 bridgehead atoms. The number of ketones is 1. The van der Waals surface area contributed by atoms with Gasteiger partial charge >= 0.3 is 0 Å². The molecule has 0 unspecified atom stereocenters. The molecule has 29 heavy (non-hydrogen) atoms. The molecule has 2 aromatic heterocycles. The summed E-state index contributed by atoms with van der Waals surface area (Å²) in [4.78, 5) is 21.6. The minimum Gasteiger partial charge on any atom is -0.381 e. The minimum absolute atomic E-state index is 0.0493. The van der Waals surface area contributed by atoms with E-state index in [1.54, 1.807) is 6.20 Å². The van der Waals surface area contributed by atoms with Crippen LogP contribution in [-0.2, 0) is 16.0 Å². The zero-order valence-corrected chi connectivity index (χ0v) is 17.3. The highest BCUT2D eigenvalue weighted by atomic mass is 35.5. The first kappa shape index (κ1) is 20.3. The van der Waals surface area contributed by atoms with E-state index in [4.69, 9.17) is 21.3 Å². The summed E-state index contributed by atoms with van der Waals surface area (Å²) in [6.45, 7) is 3.47. The number of pyridine rings is 2. The molecule has 2 aliphatic rings. The number of ether oxygens (including phenoxy) is 1. The fourth-order valence-electron chi connectivity index (χ4n) is 3.92. The van der Waals surface area contributed by atoms with Crippen LogP contribution in [-0.4, -0.2) is 48.1 Å². The third kappa shape index (κ3) is 5.32. The molecular weight excluding hydrogens is 388 g/mol. The summed E-state index contributed by atoms with van der Waals surface area (Å²) in [6.07, 6.45) is 6.04. The van der Waals surface area contributed by atoms with E-state index in [0.29, 0.717) is 17.4 Å². The molecule has 6 nitrogen and oxygen atoms in total. The lowest BCUT2D eigenvalue weighted by atomic mass is 10.0. The van der Waals surface area contributed by atoms with Crippen molar-refractivity contribution in [2.75, 3.05) is 31.6 Å². The summed E-state index contributed by atoms with van der Waals surface area (Å²) in [5.41, 5.74) is 2.31. The van der Waals surface area contributed by atoms with Gasteiger partial charge in [0.15, 0.2) is 5.78 Å². The van der Waals surface area contributed by atoms with E-state index in [1.165, 1.54) is 0 Å². The summed E-state index contributed by atoms with van der Waals surface area (Å²) >= 11 is 6.41. The molecule has 0 saturated carbocycles. The Hall–Kier alpha value is -2.02. The SMILES string of the molecule is O=C(Cc1cc(-c2cccc(NCC3CCOCC3)n2)c(Cl)cn1)[C@H]1CCCN1. The van der Waals surface area contributed by atoms with Crippen LogP contribution >= 0.6 is 11.6 Å². The predicted molar refractivity (Wildman–Crippen MR) is 114 cm³/mol. The monoisotopic (exact) mass is 414 g/mol. The Morgan fingerprint density at radius 2 is 2.14 bits per heavy atom. The Balaban J connectivity index is 1.46. The first-order valence-electron chi connectivity index (χ1n) is 10.4. The second-order valence-electron chi connectivity index (χ2n) is 7.79. The first-order valence-corrected chi connectivity index (χ1v) is 10.8.